The molecule has 3 rings (SSSR count). The normalized spacial score (nSPS) is 15.7. The molecule has 0 bridgehead atoms. The summed E-state index contributed by atoms with van der Waals surface area (Å²) in [6, 6.07) is 12.8. The fourth-order valence-corrected chi connectivity index (χ4v) is 3.44. The predicted octanol–water partition coefficient (Wildman–Crippen LogP) is 3.80. The van der Waals surface area contributed by atoms with Gasteiger partial charge < -0.3 is 15.5 Å². The Morgan fingerprint density at radius 2 is 2.07 bits per heavy atom. The number of nitrogens with zero attached hydrogens (tertiary/aromatic N) is 3. The Balaban J connectivity index is 1.53. The van der Waals surface area contributed by atoms with Crippen LogP contribution in [0.2, 0.25) is 5.15 Å². The predicted molar refractivity (Wildman–Crippen MR) is 114 cm³/mol. The van der Waals surface area contributed by atoms with Crippen molar-refractivity contribution >= 4 is 23.2 Å². The zero-order valence-electron chi connectivity index (χ0n) is 16.1. The molecule has 1 saturated heterocycles. The van der Waals surface area contributed by atoms with Crippen LogP contribution < -0.4 is 15.5 Å². The Morgan fingerprint density at radius 3 is 2.78 bits per heavy atom. The van der Waals surface area contributed by atoms with Crippen LogP contribution in [0.5, 0.6) is 0 Å². The first-order chi connectivity index (χ1) is 13.2. The molecule has 1 atom stereocenters. The van der Waals surface area contributed by atoms with E-state index < -0.39 is 0 Å². The van der Waals surface area contributed by atoms with Crippen LogP contribution >= 0.6 is 11.6 Å². The van der Waals surface area contributed by atoms with Crippen molar-refractivity contribution in [1.82, 2.24) is 15.6 Å². The molecule has 1 aliphatic heterocycles. The molecular formula is C21H28ClN5. The number of guanidine groups is 1. The van der Waals surface area contributed by atoms with E-state index in [1.807, 2.05) is 18.3 Å². The lowest BCUT2D eigenvalue weighted by molar-refractivity contribution is 0.684. The molecule has 144 valence electrons. The van der Waals surface area contributed by atoms with E-state index in [1.54, 1.807) is 7.05 Å². The maximum absolute atomic E-state index is 5.83. The first kappa shape index (κ1) is 19.5. The highest BCUT2D eigenvalue weighted by molar-refractivity contribution is 6.29. The fourth-order valence-electron chi connectivity index (χ4n) is 3.33. The highest BCUT2D eigenvalue weighted by Crippen LogP contribution is 2.23. The Bertz CT molecular complexity index is 753. The Labute approximate surface area is 166 Å². The van der Waals surface area contributed by atoms with Crippen molar-refractivity contribution in [2.24, 2.45) is 4.99 Å². The third-order valence-electron chi connectivity index (χ3n) is 4.91. The molecule has 2 aromatic rings. The summed E-state index contributed by atoms with van der Waals surface area (Å²) >= 11 is 5.83. The molecule has 6 heteroatoms. The molecule has 27 heavy (non-hydrogen) atoms. The van der Waals surface area contributed by atoms with Gasteiger partial charge in [0.15, 0.2) is 5.96 Å². The molecule has 1 aromatic heterocycles. The van der Waals surface area contributed by atoms with E-state index in [0.717, 1.165) is 37.6 Å². The van der Waals surface area contributed by atoms with Gasteiger partial charge in [-0.25, -0.2) is 4.98 Å². The molecule has 2 heterocycles. The minimum atomic E-state index is 0.177. The third-order valence-corrected chi connectivity index (χ3v) is 5.14. The van der Waals surface area contributed by atoms with Crippen molar-refractivity contribution in [3.8, 4) is 0 Å². The lowest BCUT2D eigenvalue weighted by Gasteiger charge is -2.22. The monoisotopic (exact) mass is 385 g/mol. The first-order valence-corrected chi connectivity index (χ1v) is 9.96. The van der Waals surface area contributed by atoms with E-state index in [0.29, 0.717) is 5.15 Å². The Kier molecular flexibility index (Phi) is 6.93. The fraction of sp³-hybridized carbons (Fsp3) is 0.429. The van der Waals surface area contributed by atoms with Gasteiger partial charge in [-0.3, -0.25) is 4.99 Å². The van der Waals surface area contributed by atoms with Gasteiger partial charge in [-0.05, 0) is 55.5 Å². The van der Waals surface area contributed by atoms with Crippen molar-refractivity contribution in [3.63, 3.8) is 0 Å². The van der Waals surface area contributed by atoms with Gasteiger partial charge in [0.1, 0.15) is 5.15 Å². The molecule has 1 aliphatic rings. The van der Waals surface area contributed by atoms with Crippen LogP contribution in [0.1, 0.15) is 36.9 Å². The van der Waals surface area contributed by atoms with E-state index in [9.17, 15) is 0 Å². The zero-order valence-corrected chi connectivity index (χ0v) is 16.8. The highest BCUT2D eigenvalue weighted by atomic mass is 35.5. The summed E-state index contributed by atoms with van der Waals surface area (Å²) in [6.07, 6.45) is 5.26. The van der Waals surface area contributed by atoms with Gasteiger partial charge >= 0.3 is 0 Å². The smallest absolute Gasteiger partial charge is 0.191 e. The van der Waals surface area contributed by atoms with E-state index in [2.05, 4.69) is 56.7 Å². The van der Waals surface area contributed by atoms with Crippen molar-refractivity contribution in [2.45, 2.75) is 32.2 Å². The number of aromatic nitrogens is 1. The average Bonchev–Trinajstić information content (AvgIpc) is 3.23. The largest absolute Gasteiger partial charge is 0.372 e. The van der Waals surface area contributed by atoms with Gasteiger partial charge in [0, 0.05) is 38.6 Å². The van der Waals surface area contributed by atoms with E-state index in [1.165, 1.54) is 24.1 Å². The average molecular weight is 386 g/mol. The quantitative estimate of drug-likeness (QED) is 0.451. The number of pyridine rings is 1. The number of aliphatic imine (C=N–C) groups is 1. The van der Waals surface area contributed by atoms with E-state index >= 15 is 0 Å². The minimum absolute atomic E-state index is 0.177. The van der Waals surface area contributed by atoms with Crippen LogP contribution in [0.3, 0.4) is 0 Å². The van der Waals surface area contributed by atoms with Crippen LogP contribution in [-0.4, -0.2) is 37.6 Å². The maximum atomic E-state index is 5.83. The van der Waals surface area contributed by atoms with Gasteiger partial charge in [0.2, 0.25) is 0 Å². The van der Waals surface area contributed by atoms with Gasteiger partial charge in [0.05, 0.1) is 6.04 Å². The summed E-state index contributed by atoms with van der Waals surface area (Å²) in [6.45, 7) is 5.27. The molecule has 1 fully saturated rings. The van der Waals surface area contributed by atoms with E-state index in [-0.39, 0.29) is 6.04 Å². The summed E-state index contributed by atoms with van der Waals surface area (Å²) in [5, 5.41) is 7.37. The van der Waals surface area contributed by atoms with Gasteiger partial charge in [-0.1, -0.05) is 29.8 Å². The molecule has 0 spiro atoms. The lowest BCUT2D eigenvalue weighted by atomic mass is 10.1. The highest BCUT2D eigenvalue weighted by Gasteiger charge is 2.14. The Hall–Kier alpha value is -2.27. The molecule has 0 radical (unpaired) electrons. The molecule has 0 aliphatic carbocycles. The van der Waals surface area contributed by atoms with Crippen molar-refractivity contribution in [1.29, 1.82) is 0 Å². The molecule has 1 unspecified atom stereocenters. The second-order valence-electron chi connectivity index (χ2n) is 6.89. The zero-order chi connectivity index (χ0) is 19.1. The van der Waals surface area contributed by atoms with Crippen molar-refractivity contribution in [3.05, 3.63) is 58.9 Å². The SMILES string of the molecule is CN=C(NCCc1ccc(Cl)nc1)NC(C)c1cccc(N2CCCC2)c1. The summed E-state index contributed by atoms with van der Waals surface area (Å²) < 4.78 is 0. The Morgan fingerprint density at radius 1 is 1.26 bits per heavy atom. The van der Waals surface area contributed by atoms with Gasteiger partial charge in [-0.15, -0.1) is 0 Å². The number of rotatable bonds is 6. The molecule has 5 nitrogen and oxygen atoms in total. The summed E-state index contributed by atoms with van der Waals surface area (Å²) in [7, 11) is 1.80. The number of nitrogens with one attached hydrogen (secondary N) is 2. The number of anilines is 1. The summed E-state index contributed by atoms with van der Waals surface area (Å²) in [4.78, 5) is 10.9. The van der Waals surface area contributed by atoms with Crippen molar-refractivity contribution < 1.29 is 0 Å². The summed E-state index contributed by atoms with van der Waals surface area (Å²) in [5.74, 6) is 0.802. The van der Waals surface area contributed by atoms with Crippen molar-refractivity contribution in [2.75, 3.05) is 31.6 Å². The molecule has 2 N–H and O–H groups in total. The number of hydrogen-bond donors (Lipinski definition) is 2. The standard InChI is InChI=1S/C21H28ClN5/c1-16(18-6-5-7-19(14-18)27-12-3-4-13-27)26-21(23-2)24-11-10-17-8-9-20(22)25-15-17/h5-9,14-16H,3-4,10-13H2,1-2H3,(H2,23,24,26). The topological polar surface area (TPSA) is 52.6 Å². The molecule has 0 saturated carbocycles. The second kappa shape index (κ2) is 9.60. The number of hydrogen-bond acceptors (Lipinski definition) is 3. The molecular weight excluding hydrogens is 358 g/mol. The third kappa shape index (κ3) is 5.60. The van der Waals surface area contributed by atoms with Gasteiger partial charge in [0.25, 0.3) is 0 Å². The van der Waals surface area contributed by atoms with E-state index in [4.69, 9.17) is 11.6 Å². The summed E-state index contributed by atoms with van der Waals surface area (Å²) in [5.41, 5.74) is 3.73. The van der Waals surface area contributed by atoms with Gasteiger partial charge in [-0.2, -0.15) is 0 Å². The first-order valence-electron chi connectivity index (χ1n) is 9.58. The van der Waals surface area contributed by atoms with Crippen LogP contribution in [0.15, 0.2) is 47.6 Å². The van der Waals surface area contributed by atoms with Crippen LogP contribution in [0, 0.1) is 0 Å². The molecule has 0 amide bonds. The lowest BCUT2D eigenvalue weighted by Crippen LogP contribution is -2.39. The number of halogens is 1. The minimum Gasteiger partial charge on any atom is -0.372 e. The number of benzene rings is 1. The van der Waals surface area contributed by atoms with Crippen LogP contribution in [0.4, 0.5) is 5.69 Å². The maximum Gasteiger partial charge on any atom is 0.191 e. The van der Waals surface area contributed by atoms with Crippen LogP contribution in [0.25, 0.3) is 0 Å². The molecule has 1 aromatic carbocycles. The second-order valence-corrected chi connectivity index (χ2v) is 7.28. The van der Waals surface area contributed by atoms with Crippen LogP contribution in [-0.2, 0) is 6.42 Å².